The molecule has 1 heterocycles. The lowest BCUT2D eigenvalue weighted by Gasteiger charge is -2.08. The highest BCUT2D eigenvalue weighted by Crippen LogP contribution is 2.38. The molecule has 0 radical (unpaired) electrons. The predicted molar refractivity (Wildman–Crippen MR) is 90.9 cm³/mol. The fourth-order valence-electron chi connectivity index (χ4n) is 2.39. The fraction of sp³-hybridized carbons (Fsp3) is 0.312. The molecule has 1 fully saturated rings. The van der Waals surface area contributed by atoms with Crippen LogP contribution in [0.25, 0.3) is 0 Å². The molecule has 8 nitrogen and oxygen atoms in total. The topological polar surface area (TPSA) is 107 Å². The molecule has 3 rings (SSSR count). The smallest absolute Gasteiger partial charge is 0.288 e. The van der Waals surface area contributed by atoms with E-state index in [-0.39, 0.29) is 34.9 Å². The molecule has 0 aliphatic heterocycles. The van der Waals surface area contributed by atoms with Crippen LogP contribution in [0.1, 0.15) is 34.8 Å². The second-order valence-corrected chi connectivity index (χ2v) is 6.18. The second kappa shape index (κ2) is 7.02. The lowest BCUT2D eigenvalue weighted by molar-refractivity contribution is -0.384. The molecule has 0 unspecified atom stereocenters. The minimum atomic E-state index is -0.647. The van der Waals surface area contributed by atoms with Crippen molar-refractivity contribution < 1.29 is 9.72 Å². The van der Waals surface area contributed by atoms with Crippen molar-refractivity contribution in [3.05, 3.63) is 67.1 Å². The van der Waals surface area contributed by atoms with E-state index in [9.17, 15) is 19.7 Å². The summed E-state index contributed by atoms with van der Waals surface area (Å²) >= 11 is 5.72. The summed E-state index contributed by atoms with van der Waals surface area (Å²) in [5.41, 5.74) is 0.451. The Morgan fingerprint density at radius 2 is 2.12 bits per heavy atom. The van der Waals surface area contributed by atoms with Gasteiger partial charge in [-0.25, -0.2) is 4.68 Å². The van der Waals surface area contributed by atoms with Gasteiger partial charge in [0.15, 0.2) is 0 Å². The molecule has 1 aliphatic rings. The SMILES string of the molecule is O=C(NCCn1nc(C2CC2)ccc1=O)c1ccc(Cl)c([N+](=O)[O-])c1. The first-order chi connectivity index (χ1) is 12.0. The van der Waals surface area contributed by atoms with Gasteiger partial charge in [0.05, 0.1) is 17.2 Å². The monoisotopic (exact) mass is 362 g/mol. The largest absolute Gasteiger partial charge is 0.350 e. The third-order valence-corrected chi connectivity index (χ3v) is 4.22. The molecule has 1 amide bonds. The summed E-state index contributed by atoms with van der Waals surface area (Å²) in [7, 11) is 0. The average molecular weight is 363 g/mol. The maximum Gasteiger partial charge on any atom is 0.288 e. The minimum absolute atomic E-state index is 0.0332. The molecular weight excluding hydrogens is 348 g/mol. The van der Waals surface area contributed by atoms with Crippen molar-refractivity contribution in [1.29, 1.82) is 0 Å². The van der Waals surface area contributed by atoms with E-state index < -0.39 is 10.8 Å². The zero-order valence-electron chi connectivity index (χ0n) is 13.1. The molecule has 0 saturated heterocycles. The second-order valence-electron chi connectivity index (χ2n) is 5.77. The molecule has 1 aromatic heterocycles. The molecule has 2 aromatic rings. The van der Waals surface area contributed by atoms with Gasteiger partial charge >= 0.3 is 0 Å². The number of aromatic nitrogens is 2. The lowest BCUT2D eigenvalue weighted by Crippen LogP contribution is -2.32. The van der Waals surface area contributed by atoms with Crippen LogP contribution in [0.4, 0.5) is 5.69 Å². The average Bonchev–Trinajstić information content (AvgIpc) is 3.41. The zero-order valence-corrected chi connectivity index (χ0v) is 13.9. The first-order valence-electron chi connectivity index (χ1n) is 7.76. The Hall–Kier alpha value is -2.74. The van der Waals surface area contributed by atoms with E-state index in [1.54, 1.807) is 6.07 Å². The summed E-state index contributed by atoms with van der Waals surface area (Å²) in [6.45, 7) is 0.400. The zero-order chi connectivity index (χ0) is 18.0. The van der Waals surface area contributed by atoms with E-state index in [2.05, 4.69) is 10.4 Å². The van der Waals surface area contributed by atoms with Crippen molar-refractivity contribution in [3.63, 3.8) is 0 Å². The van der Waals surface area contributed by atoms with Gasteiger partial charge in [0.1, 0.15) is 5.02 Å². The van der Waals surface area contributed by atoms with Crippen molar-refractivity contribution in [1.82, 2.24) is 15.1 Å². The molecule has 1 aliphatic carbocycles. The third kappa shape index (κ3) is 4.03. The van der Waals surface area contributed by atoms with Crippen LogP contribution in [0.5, 0.6) is 0 Å². The van der Waals surface area contributed by atoms with Gasteiger partial charge in [-0.15, -0.1) is 0 Å². The van der Waals surface area contributed by atoms with Crippen molar-refractivity contribution in [2.75, 3.05) is 6.54 Å². The summed E-state index contributed by atoms with van der Waals surface area (Å²) in [6, 6.07) is 7.05. The van der Waals surface area contributed by atoms with Crippen molar-refractivity contribution in [3.8, 4) is 0 Å². The summed E-state index contributed by atoms with van der Waals surface area (Å²) in [5.74, 6) is -0.0535. The van der Waals surface area contributed by atoms with Crippen LogP contribution < -0.4 is 10.9 Å². The van der Waals surface area contributed by atoms with Crippen molar-refractivity contribution in [2.45, 2.75) is 25.3 Å². The maximum absolute atomic E-state index is 12.1. The van der Waals surface area contributed by atoms with Gasteiger partial charge in [-0.2, -0.15) is 5.10 Å². The van der Waals surface area contributed by atoms with Crippen LogP contribution in [-0.4, -0.2) is 27.2 Å². The summed E-state index contributed by atoms with van der Waals surface area (Å²) in [4.78, 5) is 34.1. The molecule has 0 atom stereocenters. The molecule has 0 spiro atoms. The number of rotatable bonds is 6. The molecule has 130 valence electrons. The first-order valence-corrected chi connectivity index (χ1v) is 8.13. The van der Waals surface area contributed by atoms with Crippen molar-refractivity contribution >= 4 is 23.2 Å². The van der Waals surface area contributed by atoms with Crippen LogP contribution in [-0.2, 0) is 6.54 Å². The number of nitro benzene ring substituents is 1. The maximum atomic E-state index is 12.1. The number of nitro groups is 1. The normalized spacial score (nSPS) is 13.5. The fourth-order valence-corrected chi connectivity index (χ4v) is 2.58. The lowest BCUT2D eigenvalue weighted by atomic mass is 10.2. The molecule has 1 aromatic carbocycles. The van der Waals surface area contributed by atoms with E-state index in [1.165, 1.54) is 22.9 Å². The van der Waals surface area contributed by atoms with E-state index in [1.807, 2.05) is 0 Å². The Labute approximate surface area is 147 Å². The standard InChI is InChI=1S/C16H15ClN4O4/c17-12-4-3-11(9-14(12)21(24)25)16(23)18-7-8-20-15(22)6-5-13(19-20)10-1-2-10/h3-6,9-10H,1-2,7-8H2,(H,18,23). The Bertz CT molecular complexity index is 892. The molecule has 1 N–H and O–H groups in total. The molecule has 9 heteroatoms. The number of carbonyl (C=O) groups is 1. The van der Waals surface area contributed by atoms with Gasteiger partial charge in [-0.05, 0) is 31.0 Å². The number of carbonyl (C=O) groups excluding carboxylic acids is 1. The number of hydrogen-bond donors (Lipinski definition) is 1. The van der Waals surface area contributed by atoms with Gasteiger partial charge in [0.2, 0.25) is 0 Å². The van der Waals surface area contributed by atoms with Gasteiger partial charge in [0, 0.05) is 30.2 Å². The molecule has 1 saturated carbocycles. The number of amides is 1. The highest BCUT2D eigenvalue weighted by Gasteiger charge is 2.25. The molecular formula is C16H15ClN4O4. The predicted octanol–water partition coefficient (Wildman–Crippen LogP) is 2.11. The summed E-state index contributed by atoms with van der Waals surface area (Å²) in [6.07, 6.45) is 2.16. The van der Waals surface area contributed by atoms with E-state index in [0.29, 0.717) is 5.92 Å². The van der Waals surface area contributed by atoms with E-state index in [4.69, 9.17) is 11.6 Å². The van der Waals surface area contributed by atoms with Crippen LogP contribution in [0, 0.1) is 10.1 Å². The first kappa shape index (κ1) is 17.1. The highest BCUT2D eigenvalue weighted by molar-refractivity contribution is 6.32. The number of nitrogens with one attached hydrogen (secondary N) is 1. The van der Waals surface area contributed by atoms with Crippen LogP contribution >= 0.6 is 11.6 Å². The van der Waals surface area contributed by atoms with Crippen molar-refractivity contribution in [2.24, 2.45) is 0 Å². The van der Waals surface area contributed by atoms with Crippen LogP contribution in [0.2, 0.25) is 5.02 Å². The van der Waals surface area contributed by atoms with E-state index in [0.717, 1.165) is 24.6 Å². The molecule has 25 heavy (non-hydrogen) atoms. The van der Waals surface area contributed by atoms with Crippen LogP contribution in [0.15, 0.2) is 35.1 Å². The highest BCUT2D eigenvalue weighted by atomic mass is 35.5. The van der Waals surface area contributed by atoms with E-state index >= 15 is 0 Å². The van der Waals surface area contributed by atoms with Gasteiger partial charge < -0.3 is 5.32 Å². The minimum Gasteiger partial charge on any atom is -0.350 e. The Morgan fingerprint density at radius 1 is 1.36 bits per heavy atom. The van der Waals surface area contributed by atoms with Gasteiger partial charge in [0.25, 0.3) is 17.2 Å². The number of nitrogens with zero attached hydrogens (tertiary/aromatic N) is 3. The Kier molecular flexibility index (Phi) is 4.80. The molecule has 0 bridgehead atoms. The number of halogens is 1. The Balaban J connectivity index is 1.63. The Morgan fingerprint density at radius 3 is 2.80 bits per heavy atom. The quantitative estimate of drug-likeness (QED) is 0.625. The number of benzene rings is 1. The van der Waals surface area contributed by atoms with Gasteiger partial charge in [-0.3, -0.25) is 19.7 Å². The number of hydrogen-bond acceptors (Lipinski definition) is 5. The summed E-state index contributed by atoms with van der Waals surface area (Å²) in [5, 5.41) is 17.8. The third-order valence-electron chi connectivity index (χ3n) is 3.90. The van der Waals surface area contributed by atoms with Crippen LogP contribution in [0.3, 0.4) is 0 Å². The summed E-state index contributed by atoms with van der Waals surface area (Å²) < 4.78 is 1.32. The van der Waals surface area contributed by atoms with Gasteiger partial charge in [-0.1, -0.05) is 11.6 Å².